The fraction of sp³-hybridized carbons (Fsp3) is 0.278. The zero-order chi connectivity index (χ0) is 16.7. The Kier molecular flexibility index (Phi) is 5.97. The highest BCUT2D eigenvalue weighted by Gasteiger charge is 2.23. The van der Waals surface area contributed by atoms with E-state index in [0.29, 0.717) is 30.8 Å². The second-order valence-corrected chi connectivity index (χ2v) is 5.08. The van der Waals surface area contributed by atoms with Gasteiger partial charge in [-0.3, -0.25) is 4.79 Å². The van der Waals surface area contributed by atoms with Gasteiger partial charge in [0.25, 0.3) is 0 Å². The highest BCUT2D eigenvalue weighted by molar-refractivity contribution is 5.77. The monoisotopic (exact) mass is 318 g/mol. The molecule has 0 saturated carbocycles. The Morgan fingerprint density at radius 3 is 2.61 bits per heavy atom. The molecule has 0 saturated heterocycles. The van der Waals surface area contributed by atoms with Crippen molar-refractivity contribution in [2.24, 2.45) is 0 Å². The van der Waals surface area contributed by atoms with Crippen molar-refractivity contribution in [2.45, 2.75) is 18.8 Å². The lowest BCUT2D eigenvalue weighted by molar-refractivity contribution is -0.139. The SMILES string of the molecule is COc1ccc(F)cc1C(CCCOc1ccccc1)C(=O)O. The molecule has 0 heterocycles. The third kappa shape index (κ3) is 4.71. The summed E-state index contributed by atoms with van der Waals surface area (Å²) in [6, 6.07) is 13.2. The van der Waals surface area contributed by atoms with Gasteiger partial charge >= 0.3 is 5.97 Å². The molecule has 0 radical (unpaired) electrons. The number of hydrogen-bond acceptors (Lipinski definition) is 3. The van der Waals surface area contributed by atoms with Gasteiger partial charge in [-0.15, -0.1) is 0 Å². The van der Waals surface area contributed by atoms with Crippen LogP contribution in [0.1, 0.15) is 24.3 Å². The Morgan fingerprint density at radius 1 is 1.22 bits per heavy atom. The minimum Gasteiger partial charge on any atom is -0.496 e. The summed E-state index contributed by atoms with van der Waals surface area (Å²) < 4.78 is 24.1. The van der Waals surface area contributed by atoms with Crippen molar-refractivity contribution < 1.29 is 23.8 Å². The van der Waals surface area contributed by atoms with Crippen LogP contribution in [0.25, 0.3) is 0 Å². The van der Waals surface area contributed by atoms with Crippen molar-refractivity contribution >= 4 is 5.97 Å². The molecule has 2 aromatic rings. The number of carbonyl (C=O) groups is 1. The van der Waals surface area contributed by atoms with Gasteiger partial charge in [-0.2, -0.15) is 0 Å². The second kappa shape index (κ2) is 8.17. The molecule has 1 unspecified atom stereocenters. The molecular formula is C18H19FO4. The summed E-state index contributed by atoms with van der Waals surface area (Å²) in [5.41, 5.74) is 0.347. The van der Waals surface area contributed by atoms with Gasteiger partial charge in [-0.25, -0.2) is 4.39 Å². The van der Waals surface area contributed by atoms with Crippen molar-refractivity contribution in [1.82, 2.24) is 0 Å². The van der Waals surface area contributed by atoms with Gasteiger partial charge in [0.2, 0.25) is 0 Å². The molecule has 23 heavy (non-hydrogen) atoms. The molecule has 2 rings (SSSR count). The summed E-state index contributed by atoms with van der Waals surface area (Å²) in [4.78, 5) is 11.5. The number of methoxy groups -OCH3 is 1. The Balaban J connectivity index is 1.99. The van der Waals surface area contributed by atoms with Gasteiger partial charge in [0.15, 0.2) is 0 Å². The van der Waals surface area contributed by atoms with Gasteiger partial charge in [-0.1, -0.05) is 18.2 Å². The van der Waals surface area contributed by atoms with E-state index in [1.54, 1.807) is 0 Å². The van der Waals surface area contributed by atoms with Crippen LogP contribution in [0, 0.1) is 5.82 Å². The molecule has 0 amide bonds. The molecule has 2 aromatic carbocycles. The zero-order valence-electron chi connectivity index (χ0n) is 12.9. The summed E-state index contributed by atoms with van der Waals surface area (Å²) >= 11 is 0. The smallest absolute Gasteiger partial charge is 0.311 e. The summed E-state index contributed by atoms with van der Waals surface area (Å²) in [5, 5.41) is 9.44. The highest BCUT2D eigenvalue weighted by Crippen LogP contribution is 2.31. The van der Waals surface area contributed by atoms with Crippen LogP contribution in [0.4, 0.5) is 4.39 Å². The molecule has 1 N–H and O–H groups in total. The number of carboxylic acid groups (broad SMARTS) is 1. The maximum absolute atomic E-state index is 13.4. The molecule has 0 aliphatic rings. The summed E-state index contributed by atoms with van der Waals surface area (Å²) in [6.07, 6.45) is 0.869. The first kappa shape index (κ1) is 16.8. The minimum atomic E-state index is -1.01. The van der Waals surface area contributed by atoms with E-state index in [1.807, 2.05) is 30.3 Å². The van der Waals surface area contributed by atoms with Gasteiger partial charge in [0.1, 0.15) is 17.3 Å². The van der Waals surface area contributed by atoms with Crippen molar-refractivity contribution in [3.63, 3.8) is 0 Å². The molecule has 1 atom stereocenters. The molecule has 4 nitrogen and oxygen atoms in total. The van der Waals surface area contributed by atoms with Crippen molar-refractivity contribution in [2.75, 3.05) is 13.7 Å². The standard InChI is InChI=1S/C18H19FO4/c1-22-17-10-9-13(19)12-16(17)15(18(20)21)8-5-11-23-14-6-3-2-4-7-14/h2-4,6-7,9-10,12,15H,5,8,11H2,1H3,(H,20,21). The molecule has 0 aliphatic heterocycles. The summed E-state index contributed by atoms with van der Waals surface area (Å²) in [7, 11) is 1.44. The summed E-state index contributed by atoms with van der Waals surface area (Å²) in [6.45, 7) is 0.394. The van der Waals surface area contributed by atoms with Gasteiger partial charge in [0, 0.05) is 5.56 Å². The number of hydrogen-bond donors (Lipinski definition) is 1. The van der Waals surface area contributed by atoms with Gasteiger partial charge < -0.3 is 14.6 Å². The highest BCUT2D eigenvalue weighted by atomic mass is 19.1. The third-order valence-electron chi connectivity index (χ3n) is 3.51. The van der Waals surface area contributed by atoms with E-state index < -0.39 is 17.7 Å². The maximum Gasteiger partial charge on any atom is 0.311 e. The Labute approximate surface area is 134 Å². The van der Waals surface area contributed by atoms with Crippen molar-refractivity contribution in [3.8, 4) is 11.5 Å². The number of rotatable bonds is 8. The lowest BCUT2D eigenvalue weighted by atomic mass is 9.93. The van der Waals surface area contributed by atoms with E-state index in [9.17, 15) is 14.3 Å². The van der Waals surface area contributed by atoms with Crippen LogP contribution < -0.4 is 9.47 Å². The molecule has 0 fully saturated rings. The van der Waals surface area contributed by atoms with E-state index in [-0.39, 0.29) is 0 Å². The van der Waals surface area contributed by atoms with E-state index in [1.165, 1.54) is 25.3 Å². The first-order chi connectivity index (χ1) is 11.1. The first-order valence-electron chi connectivity index (χ1n) is 7.36. The van der Waals surface area contributed by atoms with Gasteiger partial charge in [-0.05, 0) is 43.2 Å². The predicted molar refractivity (Wildman–Crippen MR) is 84.5 cm³/mol. The van der Waals surface area contributed by atoms with Crippen LogP contribution in [0.2, 0.25) is 0 Å². The first-order valence-corrected chi connectivity index (χ1v) is 7.36. The lowest BCUT2D eigenvalue weighted by Gasteiger charge is -2.16. The van der Waals surface area contributed by atoms with Crippen molar-refractivity contribution in [1.29, 1.82) is 0 Å². The molecule has 5 heteroatoms. The fourth-order valence-corrected chi connectivity index (χ4v) is 2.38. The Hall–Kier alpha value is -2.56. The largest absolute Gasteiger partial charge is 0.496 e. The molecule has 0 aliphatic carbocycles. The van der Waals surface area contributed by atoms with Gasteiger partial charge in [0.05, 0.1) is 19.6 Å². The third-order valence-corrected chi connectivity index (χ3v) is 3.51. The number of aliphatic carboxylic acids is 1. The Bertz CT molecular complexity index is 643. The molecule has 0 aromatic heterocycles. The molecular weight excluding hydrogens is 299 g/mol. The normalized spacial score (nSPS) is 11.7. The van der Waals surface area contributed by atoms with Crippen LogP contribution >= 0.6 is 0 Å². The van der Waals surface area contributed by atoms with E-state index in [0.717, 1.165) is 5.75 Å². The topological polar surface area (TPSA) is 55.8 Å². The van der Waals surface area contributed by atoms with E-state index in [2.05, 4.69) is 0 Å². The number of carboxylic acids is 1. The fourth-order valence-electron chi connectivity index (χ4n) is 2.38. The molecule has 0 bridgehead atoms. The quantitative estimate of drug-likeness (QED) is 0.751. The average molecular weight is 318 g/mol. The van der Waals surface area contributed by atoms with Crippen LogP contribution in [0.3, 0.4) is 0 Å². The molecule has 0 spiro atoms. The number of benzene rings is 2. The summed E-state index contributed by atoms with van der Waals surface area (Å²) in [5.74, 6) is -1.20. The zero-order valence-corrected chi connectivity index (χ0v) is 12.9. The minimum absolute atomic E-state index is 0.335. The average Bonchev–Trinajstić information content (AvgIpc) is 2.55. The number of para-hydroxylation sites is 1. The number of halogens is 1. The van der Waals surface area contributed by atoms with Crippen LogP contribution in [0.5, 0.6) is 11.5 Å². The second-order valence-electron chi connectivity index (χ2n) is 5.08. The Morgan fingerprint density at radius 2 is 1.96 bits per heavy atom. The van der Waals surface area contributed by atoms with Crippen LogP contribution in [-0.4, -0.2) is 24.8 Å². The maximum atomic E-state index is 13.4. The number of ether oxygens (including phenoxy) is 2. The molecule has 122 valence electrons. The van der Waals surface area contributed by atoms with Crippen LogP contribution in [0.15, 0.2) is 48.5 Å². The van der Waals surface area contributed by atoms with E-state index >= 15 is 0 Å². The van der Waals surface area contributed by atoms with Crippen molar-refractivity contribution in [3.05, 3.63) is 59.9 Å². The predicted octanol–water partition coefficient (Wildman–Crippen LogP) is 3.86. The van der Waals surface area contributed by atoms with Crippen LogP contribution in [-0.2, 0) is 4.79 Å². The lowest BCUT2D eigenvalue weighted by Crippen LogP contribution is -2.14. The van der Waals surface area contributed by atoms with E-state index in [4.69, 9.17) is 9.47 Å².